The first-order valence-corrected chi connectivity index (χ1v) is 5.40. The average molecular weight is 346 g/mol. The maximum Gasteiger partial charge on any atom is 0.417 e. The van der Waals surface area contributed by atoms with Crippen molar-refractivity contribution in [3.63, 3.8) is 0 Å². The minimum atomic E-state index is -4.43. The predicted molar refractivity (Wildman–Crippen MR) is 56.8 cm³/mol. The smallest absolute Gasteiger partial charge is 0.294 e. The highest BCUT2D eigenvalue weighted by Crippen LogP contribution is 2.39. The fourth-order valence-electron chi connectivity index (χ4n) is 1.04. The summed E-state index contributed by atoms with van der Waals surface area (Å²) in [4.78, 5) is 11.0. The summed E-state index contributed by atoms with van der Waals surface area (Å²) in [7, 11) is 0. The molecule has 0 saturated heterocycles. The lowest BCUT2D eigenvalue weighted by Crippen LogP contribution is -2.08. The number of ketones is 1. The molecule has 0 radical (unpaired) electrons. The number of carbonyl (C=O) groups is 1. The van der Waals surface area contributed by atoms with Gasteiger partial charge >= 0.3 is 6.18 Å². The van der Waals surface area contributed by atoms with Gasteiger partial charge in [-0.2, -0.15) is 13.2 Å². The number of hydrogen-bond donors (Lipinski definition) is 0. The summed E-state index contributed by atoms with van der Waals surface area (Å²) in [5.41, 5.74) is -0.589. The normalized spacial score (nSPS) is 11.6. The molecule has 0 spiro atoms. The zero-order valence-corrected chi connectivity index (χ0v) is 10.6. The molecule has 82 valence electrons. The van der Waals surface area contributed by atoms with E-state index >= 15 is 0 Å². The third-order valence-electron chi connectivity index (χ3n) is 1.77. The molecule has 15 heavy (non-hydrogen) atoms. The molecule has 0 heterocycles. The molecule has 0 N–H and O–H groups in total. The Balaban J connectivity index is 3.41. The molecule has 1 aromatic carbocycles. The van der Waals surface area contributed by atoms with Crippen molar-refractivity contribution in [2.75, 3.05) is 0 Å². The molecule has 0 fully saturated rings. The summed E-state index contributed by atoms with van der Waals surface area (Å²) in [6.07, 6.45) is -4.43. The summed E-state index contributed by atoms with van der Waals surface area (Å²) in [5, 5.41) is 0. The van der Waals surface area contributed by atoms with Gasteiger partial charge in [-0.25, -0.2) is 0 Å². The lowest BCUT2D eigenvalue weighted by Gasteiger charge is -2.11. The number of carbonyl (C=O) groups excluding carboxylic acids is 1. The van der Waals surface area contributed by atoms with Gasteiger partial charge in [0.05, 0.1) is 5.56 Å². The zero-order chi connectivity index (χ0) is 11.8. The van der Waals surface area contributed by atoms with Gasteiger partial charge in [-0.05, 0) is 50.9 Å². The summed E-state index contributed by atoms with van der Waals surface area (Å²) in [6, 6.07) is 2.03. The van der Waals surface area contributed by atoms with Crippen LogP contribution in [0.4, 0.5) is 13.2 Å². The number of hydrogen-bond acceptors (Lipinski definition) is 1. The monoisotopic (exact) mass is 344 g/mol. The van der Waals surface area contributed by atoms with Gasteiger partial charge in [0.15, 0.2) is 5.78 Å². The molecule has 6 heteroatoms. The van der Waals surface area contributed by atoms with Crippen molar-refractivity contribution >= 4 is 37.6 Å². The van der Waals surface area contributed by atoms with E-state index in [-0.39, 0.29) is 20.3 Å². The maximum absolute atomic E-state index is 12.4. The molecule has 0 aliphatic rings. The molecule has 1 nitrogen and oxygen atoms in total. The minimum absolute atomic E-state index is 0.129. The van der Waals surface area contributed by atoms with Crippen molar-refractivity contribution in [1.82, 2.24) is 0 Å². The van der Waals surface area contributed by atoms with Crippen LogP contribution in [0.5, 0.6) is 0 Å². The van der Waals surface area contributed by atoms with Crippen LogP contribution < -0.4 is 0 Å². The van der Waals surface area contributed by atoms with Gasteiger partial charge in [0.1, 0.15) is 0 Å². The Labute approximate surface area is 101 Å². The van der Waals surface area contributed by atoms with E-state index in [1.54, 1.807) is 0 Å². The van der Waals surface area contributed by atoms with E-state index < -0.39 is 11.7 Å². The first-order valence-electron chi connectivity index (χ1n) is 3.81. The molecule has 0 atom stereocenters. The van der Waals surface area contributed by atoms with Crippen molar-refractivity contribution in [2.45, 2.75) is 13.1 Å². The van der Waals surface area contributed by atoms with Gasteiger partial charge in [-0.15, -0.1) is 0 Å². The Morgan fingerprint density at radius 3 is 2.13 bits per heavy atom. The largest absolute Gasteiger partial charge is 0.417 e. The summed E-state index contributed by atoms with van der Waals surface area (Å²) >= 11 is 5.77. The first-order chi connectivity index (χ1) is 6.75. The standard InChI is InChI=1S/C9H5Br2F3O/c1-4(15)5-2-3-6(9(12,13)14)8(11)7(5)10/h2-3H,1H3. The molecule has 0 unspecified atom stereocenters. The van der Waals surface area contributed by atoms with Crippen molar-refractivity contribution < 1.29 is 18.0 Å². The highest BCUT2D eigenvalue weighted by Gasteiger charge is 2.34. The van der Waals surface area contributed by atoms with Gasteiger partial charge in [0, 0.05) is 14.5 Å². The lowest BCUT2D eigenvalue weighted by molar-refractivity contribution is -0.138. The van der Waals surface area contributed by atoms with Crippen LogP contribution in [0.3, 0.4) is 0 Å². The van der Waals surface area contributed by atoms with E-state index in [1.165, 1.54) is 6.92 Å². The molecule has 0 aliphatic heterocycles. The fourth-order valence-corrected chi connectivity index (χ4v) is 2.24. The molecule has 1 rings (SSSR count). The van der Waals surface area contributed by atoms with E-state index in [9.17, 15) is 18.0 Å². The SMILES string of the molecule is CC(=O)c1ccc(C(F)(F)F)c(Br)c1Br. The molecule has 0 aliphatic carbocycles. The van der Waals surface area contributed by atoms with E-state index in [4.69, 9.17) is 0 Å². The van der Waals surface area contributed by atoms with Gasteiger partial charge in [0.2, 0.25) is 0 Å². The molecule has 0 saturated carbocycles. The van der Waals surface area contributed by atoms with Crippen LogP contribution in [0.25, 0.3) is 0 Å². The second kappa shape index (κ2) is 4.25. The molecular weight excluding hydrogens is 341 g/mol. The van der Waals surface area contributed by atoms with Crippen LogP contribution in [0.15, 0.2) is 21.1 Å². The van der Waals surface area contributed by atoms with Crippen molar-refractivity contribution in [2.24, 2.45) is 0 Å². The van der Waals surface area contributed by atoms with Crippen LogP contribution in [0, 0.1) is 0 Å². The number of alkyl halides is 3. The summed E-state index contributed by atoms with van der Waals surface area (Å²) in [6.45, 7) is 1.29. The molecule has 0 aromatic heterocycles. The number of rotatable bonds is 1. The van der Waals surface area contributed by atoms with E-state index in [2.05, 4.69) is 31.9 Å². The van der Waals surface area contributed by atoms with Crippen LogP contribution in [0.2, 0.25) is 0 Å². The van der Waals surface area contributed by atoms with Crippen LogP contribution in [-0.4, -0.2) is 5.78 Å². The quantitative estimate of drug-likeness (QED) is 0.688. The Kier molecular flexibility index (Phi) is 3.60. The predicted octanol–water partition coefficient (Wildman–Crippen LogP) is 4.43. The van der Waals surface area contributed by atoms with Gasteiger partial charge in [-0.3, -0.25) is 4.79 Å². The van der Waals surface area contributed by atoms with Crippen LogP contribution in [0.1, 0.15) is 22.8 Å². The third-order valence-corrected chi connectivity index (χ3v) is 3.95. The lowest BCUT2D eigenvalue weighted by atomic mass is 10.1. The molecule has 1 aromatic rings. The maximum atomic E-state index is 12.4. The Morgan fingerprint density at radius 2 is 1.73 bits per heavy atom. The van der Waals surface area contributed by atoms with Gasteiger partial charge in [0.25, 0.3) is 0 Å². The van der Waals surface area contributed by atoms with Crippen molar-refractivity contribution in [3.05, 3.63) is 32.2 Å². The minimum Gasteiger partial charge on any atom is -0.294 e. The zero-order valence-electron chi connectivity index (χ0n) is 7.45. The van der Waals surface area contributed by atoms with Crippen molar-refractivity contribution in [3.8, 4) is 0 Å². The molecule has 0 bridgehead atoms. The average Bonchev–Trinajstić information content (AvgIpc) is 2.06. The highest BCUT2D eigenvalue weighted by molar-refractivity contribution is 9.13. The summed E-state index contributed by atoms with van der Waals surface area (Å²) in [5.74, 6) is -0.295. The number of halogens is 5. The molecule has 0 amide bonds. The Hall–Kier alpha value is -0.360. The van der Waals surface area contributed by atoms with Crippen LogP contribution in [-0.2, 0) is 6.18 Å². The fraction of sp³-hybridized carbons (Fsp3) is 0.222. The topological polar surface area (TPSA) is 17.1 Å². The van der Waals surface area contributed by atoms with E-state index in [1.807, 2.05) is 0 Å². The third kappa shape index (κ3) is 2.60. The first kappa shape index (κ1) is 12.7. The molecular formula is C9H5Br2F3O. The van der Waals surface area contributed by atoms with Gasteiger partial charge in [-0.1, -0.05) is 0 Å². The summed E-state index contributed by atoms with van der Waals surface area (Å²) < 4.78 is 37.3. The number of benzene rings is 1. The van der Waals surface area contributed by atoms with E-state index in [0.29, 0.717) is 0 Å². The van der Waals surface area contributed by atoms with E-state index in [0.717, 1.165) is 12.1 Å². The highest BCUT2D eigenvalue weighted by atomic mass is 79.9. The second-order valence-corrected chi connectivity index (χ2v) is 4.43. The number of Topliss-reactive ketones (excluding diaryl/α,β-unsaturated/α-hetero) is 1. The van der Waals surface area contributed by atoms with Gasteiger partial charge < -0.3 is 0 Å². The van der Waals surface area contributed by atoms with Crippen molar-refractivity contribution in [1.29, 1.82) is 0 Å². The Morgan fingerprint density at radius 1 is 1.20 bits per heavy atom. The second-order valence-electron chi connectivity index (χ2n) is 2.84. The van der Waals surface area contributed by atoms with Crippen LogP contribution >= 0.6 is 31.9 Å². The Bertz CT molecular complexity index is 413.